The van der Waals surface area contributed by atoms with Crippen LogP contribution in [0.2, 0.25) is 0 Å². The van der Waals surface area contributed by atoms with Crippen LogP contribution in [-0.4, -0.2) is 24.8 Å². The highest BCUT2D eigenvalue weighted by Gasteiger charge is 2.19. The van der Waals surface area contributed by atoms with Crippen molar-refractivity contribution in [3.8, 4) is 0 Å². The van der Waals surface area contributed by atoms with Gasteiger partial charge >= 0.3 is 0 Å². The lowest BCUT2D eigenvalue weighted by molar-refractivity contribution is -0.867. The predicted molar refractivity (Wildman–Crippen MR) is 56.2 cm³/mol. The Morgan fingerprint density at radius 2 is 1.23 bits per heavy atom. The van der Waals surface area contributed by atoms with Gasteiger partial charge in [0.2, 0.25) is 0 Å². The first-order chi connectivity index (χ1) is 6.11. The van der Waals surface area contributed by atoms with Crippen molar-refractivity contribution in [1.82, 2.24) is 0 Å². The van der Waals surface area contributed by atoms with Gasteiger partial charge in [0.05, 0.1) is 20.1 Å². The van der Waals surface area contributed by atoms with Crippen molar-refractivity contribution in [2.24, 2.45) is 0 Å². The zero-order chi connectivity index (χ0) is 9.73. The smallest absolute Gasteiger partial charge is 0.0883 e. The molecule has 1 rings (SSSR count). The van der Waals surface area contributed by atoms with Crippen molar-refractivity contribution >= 4 is 0 Å². The highest BCUT2D eigenvalue weighted by Crippen LogP contribution is 2.22. The van der Waals surface area contributed by atoms with Gasteiger partial charge in [0, 0.05) is 0 Å². The van der Waals surface area contributed by atoms with Crippen LogP contribution >= 0.6 is 0 Å². The van der Waals surface area contributed by atoms with Gasteiger partial charge in [-0.05, 0) is 25.7 Å². The maximum Gasteiger partial charge on any atom is 0.0883 e. The Balaban J connectivity index is 2.41. The molecule has 1 saturated carbocycles. The fraction of sp³-hybridized carbons (Fsp3) is 1.00. The van der Waals surface area contributed by atoms with Crippen LogP contribution in [0.15, 0.2) is 0 Å². The van der Waals surface area contributed by atoms with E-state index in [1.807, 2.05) is 0 Å². The zero-order valence-electron chi connectivity index (χ0n) is 9.09. The topological polar surface area (TPSA) is 23.1 Å². The number of hydroxylamine groups is 3. The lowest BCUT2D eigenvalue weighted by atomic mass is 10.0. The molecule has 0 heterocycles. The Hall–Kier alpha value is -0.0800. The van der Waals surface area contributed by atoms with E-state index in [9.17, 15) is 5.21 Å². The molecule has 0 unspecified atom stereocenters. The van der Waals surface area contributed by atoms with Crippen molar-refractivity contribution in [3.63, 3.8) is 0 Å². The van der Waals surface area contributed by atoms with Gasteiger partial charge in [-0.2, -0.15) is 0 Å². The van der Waals surface area contributed by atoms with E-state index in [0.717, 1.165) is 12.8 Å². The van der Waals surface area contributed by atoms with Gasteiger partial charge in [0.15, 0.2) is 0 Å². The summed E-state index contributed by atoms with van der Waals surface area (Å²) in [6.45, 7) is 0. The number of hydrogen-bond donors (Lipinski definition) is 0. The van der Waals surface area contributed by atoms with E-state index in [4.69, 9.17) is 0 Å². The third-order valence-corrected chi connectivity index (χ3v) is 3.20. The highest BCUT2D eigenvalue weighted by atomic mass is 16.5. The molecule has 0 spiro atoms. The second-order valence-corrected chi connectivity index (χ2v) is 4.79. The van der Waals surface area contributed by atoms with Crippen LogP contribution in [0.3, 0.4) is 0 Å². The minimum absolute atomic E-state index is 0.0833. The molecule has 0 atom stereocenters. The monoisotopic (exact) mass is 185 g/mol. The molecule has 78 valence electrons. The maximum absolute atomic E-state index is 11.8. The van der Waals surface area contributed by atoms with Crippen molar-refractivity contribution in [3.05, 3.63) is 5.21 Å². The molecule has 0 amide bonds. The molecule has 2 nitrogen and oxygen atoms in total. The van der Waals surface area contributed by atoms with E-state index in [0.29, 0.717) is 6.04 Å². The van der Waals surface area contributed by atoms with Crippen LogP contribution in [0.5, 0.6) is 0 Å². The van der Waals surface area contributed by atoms with E-state index < -0.39 is 0 Å². The summed E-state index contributed by atoms with van der Waals surface area (Å²) in [5, 5.41) is 11.8. The van der Waals surface area contributed by atoms with Gasteiger partial charge in [-0.15, -0.1) is 0 Å². The van der Waals surface area contributed by atoms with Crippen LogP contribution in [0.1, 0.15) is 51.4 Å². The van der Waals surface area contributed by atoms with Gasteiger partial charge in [0.1, 0.15) is 0 Å². The third kappa shape index (κ3) is 4.10. The van der Waals surface area contributed by atoms with E-state index in [1.54, 1.807) is 14.1 Å². The summed E-state index contributed by atoms with van der Waals surface area (Å²) >= 11 is 0. The largest absolute Gasteiger partial charge is 0.633 e. The molecule has 1 aliphatic carbocycles. The molecule has 0 N–H and O–H groups in total. The van der Waals surface area contributed by atoms with E-state index in [-0.39, 0.29) is 4.65 Å². The molecule has 0 radical (unpaired) electrons. The number of quaternary nitrogens is 1. The Bertz CT molecular complexity index is 130. The van der Waals surface area contributed by atoms with Crippen LogP contribution in [0.4, 0.5) is 0 Å². The summed E-state index contributed by atoms with van der Waals surface area (Å²) in [7, 11) is 3.59. The molecule has 0 aromatic heterocycles. The number of hydrogen-bond acceptors (Lipinski definition) is 1. The second kappa shape index (κ2) is 4.97. The molecule has 2 heteroatoms. The average molecular weight is 185 g/mol. The third-order valence-electron chi connectivity index (χ3n) is 3.20. The summed E-state index contributed by atoms with van der Waals surface area (Å²) in [6.07, 6.45) is 10.2. The summed E-state index contributed by atoms with van der Waals surface area (Å²) in [6, 6.07) is 0.359. The Morgan fingerprint density at radius 3 is 1.62 bits per heavy atom. The fourth-order valence-corrected chi connectivity index (χ4v) is 2.23. The van der Waals surface area contributed by atoms with Crippen LogP contribution in [0, 0.1) is 5.21 Å². The van der Waals surface area contributed by atoms with Gasteiger partial charge in [0.25, 0.3) is 0 Å². The van der Waals surface area contributed by atoms with E-state index >= 15 is 0 Å². The lowest BCUT2D eigenvalue weighted by Gasteiger charge is -2.42. The maximum atomic E-state index is 11.8. The molecular weight excluding hydrogens is 162 g/mol. The SMILES string of the molecule is C[N+](C)([O-])C1CCCCCCCC1. The van der Waals surface area contributed by atoms with Crippen LogP contribution in [-0.2, 0) is 0 Å². The highest BCUT2D eigenvalue weighted by molar-refractivity contribution is 4.63. The first-order valence-electron chi connectivity index (χ1n) is 5.65. The fourth-order valence-electron chi connectivity index (χ4n) is 2.23. The first-order valence-corrected chi connectivity index (χ1v) is 5.65. The molecule has 0 aliphatic heterocycles. The Labute approximate surface area is 82.1 Å². The van der Waals surface area contributed by atoms with Crippen LogP contribution in [0.25, 0.3) is 0 Å². The molecular formula is C11H23NO. The van der Waals surface area contributed by atoms with Crippen molar-refractivity contribution < 1.29 is 4.65 Å². The molecule has 0 bridgehead atoms. The van der Waals surface area contributed by atoms with Crippen molar-refractivity contribution in [1.29, 1.82) is 0 Å². The van der Waals surface area contributed by atoms with Gasteiger partial charge in [-0.25, -0.2) is 0 Å². The molecule has 13 heavy (non-hydrogen) atoms. The van der Waals surface area contributed by atoms with Gasteiger partial charge in [-0.1, -0.05) is 25.7 Å². The zero-order valence-corrected chi connectivity index (χ0v) is 9.09. The number of nitrogens with zero attached hydrogens (tertiary/aromatic N) is 1. The summed E-state index contributed by atoms with van der Waals surface area (Å²) in [5.41, 5.74) is 0. The quantitative estimate of drug-likeness (QED) is 0.455. The van der Waals surface area contributed by atoms with Crippen molar-refractivity contribution in [2.45, 2.75) is 57.4 Å². The number of rotatable bonds is 1. The molecule has 0 aromatic rings. The van der Waals surface area contributed by atoms with Gasteiger partial charge < -0.3 is 9.85 Å². The van der Waals surface area contributed by atoms with Crippen molar-refractivity contribution in [2.75, 3.05) is 14.1 Å². The van der Waals surface area contributed by atoms with Gasteiger partial charge in [-0.3, -0.25) is 0 Å². The lowest BCUT2D eigenvalue weighted by Crippen LogP contribution is -2.43. The Morgan fingerprint density at radius 1 is 0.846 bits per heavy atom. The second-order valence-electron chi connectivity index (χ2n) is 4.79. The minimum atomic E-state index is -0.0833. The Kier molecular flexibility index (Phi) is 4.20. The molecule has 1 aliphatic rings. The summed E-state index contributed by atoms with van der Waals surface area (Å²) < 4.78 is -0.0833. The average Bonchev–Trinajstić information content (AvgIpc) is 2.14. The molecule has 1 fully saturated rings. The van der Waals surface area contributed by atoms with E-state index in [1.165, 1.54) is 38.5 Å². The standard InChI is InChI=1S/C11H23NO/c1-12(2,13)11-9-7-5-3-4-6-8-10-11/h11H,3-10H2,1-2H3. The van der Waals surface area contributed by atoms with E-state index in [2.05, 4.69) is 0 Å². The minimum Gasteiger partial charge on any atom is -0.633 e. The molecule has 0 aromatic carbocycles. The normalized spacial score (nSPS) is 23.3. The summed E-state index contributed by atoms with van der Waals surface area (Å²) in [5.74, 6) is 0. The predicted octanol–water partition coefficient (Wildman–Crippen LogP) is 3.06. The first kappa shape index (κ1) is 11.0. The summed E-state index contributed by atoms with van der Waals surface area (Å²) in [4.78, 5) is 0. The van der Waals surface area contributed by atoms with Crippen LogP contribution < -0.4 is 0 Å². The molecule has 0 saturated heterocycles.